The van der Waals surface area contributed by atoms with Crippen molar-refractivity contribution in [2.75, 3.05) is 19.6 Å². The van der Waals surface area contributed by atoms with Gasteiger partial charge in [0.2, 0.25) is 0 Å². The lowest BCUT2D eigenvalue weighted by Gasteiger charge is -2.46. The number of aromatic carboxylic acids is 1. The second-order valence-corrected chi connectivity index (χ2v) is 8.41. The third-order valence-electron chi connectivity index (χ3n) is 6.32. The Morgan fingerprint density at radius 1 is 1.09 bits per heavy atom. The predicted octanol–water partition coefficient (Wildman–Crippen LogP) is 3.46. The van der Waals surface area contributed by atoms with Gasteiger partial charge in [-0.1, -0.05) is 30.3 Å². The monoisotopic (exact) mass is 465 g/mol. The van der Waals surface area contributed by atoms with E-state index in [2.05, 4.69) is 5.10 Å². The average Bonchev–Trinajstić information content (AvgIpc) is 3.49. The maximum atomic E-state index is 14.1. The summed E-state index contributed by atoms with van der Waals surface area (Å²) in [6, 6.07) is 8.46. The maximum Gasteiger partial charge on any atom is 0.460 e. The molecule has 2 aliphatic rings. The van der Waals surface area contributed by atoms with E-state index >= 15 is 0 Å². The molecule has 0 aliphatic carbocycles. The second kappa shape index (κ2) is 9.52. The van der Waals surface area contributed by atoms with Gasteiger partial charge >= 0.3 is 18.3 Å². The van der Waals surface area contributed by atoms with Gasteiger partial charge in [-0.05, 0) is 37.3 Å². The van der Waals surface area contributed by atoms with Crippen LogP contribution in [0.2, 0.25) is 0 Å². The number of amides is 1. The van der Waals surface area contributed by atoms with Crippen molar-refractivity contribution in [2.45, 2.75) is 50.7 Å². The number of hydrogen-bond donors (Lipinski definition) is 1. The molecule has 1 aromatic carbocycles. The smallest absolute Gasteiger partial charge is 0.460 e. The highest BCUT2D eigenvalue weighted by atomic mass is 19.4. The summed E-state index contributed by atoms with van der Waals surface area (Å²) in [4.78, 5) is 28.4. The highest BCUT2D eigenvalue weighted by molar-refractivity contribution is 5.86. The molecule has 11 heteroatoms. The number of carbonyl (C=O) groups excluding carboxylic acids is 1. The van der Waals surface area contributed by atoms with Crippen LogP contribution in [0.15, 0.2) is 42.6 Å². The van der Waals surface area contributed by atoms with E-state index in [1.54, 1.807) is 30.3 Å². The molecular weight excluding hydrogens is 439 g/mol. The Bertz CT molecular complexity index is 975. The number of aromatic nitrogens is 2. The van der Waals surface area contributed by atoms with Crippen molar-refractivity contribution >= 4 is 12.0 Å². The van der Waals surface area contributed by atoms with E-state index in [1.165, 1.54) is 17.2 Å². The van der Waals surface area contributed by atoms with Crippen LogP contribution in [0.25, 0.3) is 0 Å². The van der Waals surface area contributed by atoms with Gasteiger partial charge in [-0.3, -0.25) is 4.90 Å². The molecule has 2 aromatic rings. The number of nitrogens with zero attached hydrogens (tertiary/aromatic N) is 5. The molecule has 0 radical (unpaired) electrons. The Kier molecular flexibility index (Phi) is 6.71. The van der Waals surface area contributed by atoms with E-state index in [1.807, 2.05) is 4.90 Å². The Balaban J connectivity index is 1.57. The fraction of sp³-hybridized carbons (Fsp3) is 0.500. The van der Waals surface area contributed by atoms with Crippen LogP contribution in [0.4, 0.5) is 18.0 Å². The van der Waals surface area contributed by atoms with Crippen molar-refractivity contribution < 1.29 is 27.9 Å². The summed E-state index contributed by atoms with van der Waals surface area (Å²) in [7, 11) is 0. The average molecular weight is 465 g/mol. The molecule has 33 heavy (non-hydrogen) atoms. The molecule has 0 saturated carbocycles. The lowest BCUT2D eigenvalue weighted by Crippen LogP contribution is -2.60. The van der Waals surface area contributed by atoms with E-state index in [0.29, 0.717) is 23.6 Å². The highest BCUT2D eigenvalue weighted by Gasteiger charge is 2.46. The number of hydrogen-bond acceptors (Lipinski definition) is 5. The van der Waals surface area contributed by atoms with E-state index in [4.69, 9.17) is 5.11 Å². The maximum absolute atomic E-state index is 14.1. The minimum Gasteiger partial charge on any atom is -0.476 e. The van der Waals surface area contributed by atoms with Gasteiger partial charge in [0.25, 0.3) is 0 Å². The molecule has 2 saturated heterocycles. The summed E-state index contributed by atoms with van der Waals surface area (Å²) in [6.45, 7) is 1.27. The standard InChI is InChI=1S/C22H26F3N5O3/c23-22(24,25)29(15-16-6-2-1-3-7-16)17-8-12-28(19(14-17)27-10-4-5-11-27)21(33)30-13-9-18(26-30)20(31)32/h1-3,6-7,9,13,17,19H,4-5,8,10-12,14-15H2,(H,31,32). The number of benzene rings is 1. The van der Waals surface area contributed by atoms with E-state index < -0.39 is 30.5 Å². The summed E-state index contributed by atoms with van der Waals surface area (Å²) in [6.07, 6.45) is -1.63. The van der Waals surface area contributed by atoms with Crippen LogP contribution in [-0.4, -0.2) is 79.7 Å². The SMILES string of the molecule is O=C(O)c1ccn(C(=O)N2CCC(N(Cc3ccccc3)C(F)(F)F)CC2N2CCCC2)n1. The largest absolute Gasteiger partial charge is 0.476 e. The van der Waals surface area contributed by atoms with Crippen molar-refractivity contribution in [1.82, 2.24) is 24.5 Å². The number of piperidine rings is 1. The zero-order chi connectivity index (χ0) is 23.6. The molecule has 2 aliphatic heterocycles. The summed E-state index contributed by atoms with van der Waals surface area (Å²) < 4.78 is 43.1. The molecule has 1 amide bonds. The number of carboxylic acids is 1. The summed E-state index contributed by atoms with van der Waals surface area (Å²) in [5.41, 5.74) is 0.311. The van der Waals surface area contributed by atoms with Crippen LogP contribution in [0, 0.1) is 0 Å². The molecule has 2 fully saturated rings. The minimum atomic E-state index is -4.51. The number of likely N-dealkylation sites (tertiary alicyclic amines) is 2. The molecule has 8 nitrogen and oxygen atoms in total. The Morgan fingerprint density at radius 3 is 2.39 bits per heavy atom. The van der Waals surface area contributed by atoms with Crippen LogP contribution in [0.3, 0.4) is 0 Å². The normalized spacial score (nSPS) is 22.1. The lowest BCUT2D eigenvalue weighted by molar-refractivity contribution is -0.268. The number of halogens is 3. The molecule has 0 spiro atoms. The van der Waals surface area contributed by atoms with Crippen molar-refractivity contribution in [1.29, 1.82) is 0 Å². The van der Waals surface area contributed by atoms with Crippen LogP contribution in [-0.2, 0) is 6.54 Å². The van der Waals surface area contributed by atoms with Crippen LogP contribution in [0.1, 0.15) is 41.7 Å². The highest BCUT2D eigenvalue weighted by Crippen LogP contribution is 2.34. The van der Waals surface area contributed by atoms with E-state index in [0.717, 1.165) is 17.5 Å². The zero-order valence-electron chi connectivity index (χ0n) is 18.0. The van der Waals surface area contributed by atoms with Gasteiger partial charge in [0.1, 0.15) is 0 Å². The zero-order valence-corrected chi connectivity index (χ0v) is 18.0. The third-order valence-corrected chi connectivity index (χ3v) is 6.32. The van der Waals surface area contributed by atoms with Gasteiger partial charge in [0.15, 0.2) is 5.69 Å². The number of rotatable bonds is 5. The Hall–Kier alpha value is -2.92. The van der Waals surface area contributed by atoms with Gasteiger partial charge in [0, 0.05) is 38.4 Å². The molecular formula is C22H26F3N5O3. The van der Waals surface area contributed by atoms with Crippen molar-refractivity contribution in [3.8, 4) is 0 Å². The van der Waals surface area contributed by atoms with Crippen LogP contribution < -0.4 is 0 Å². The van der Waals surface area contributed by atoms with Gasteiger partial charge in [-0.25, -0.2) is 14.5 Å². The van der Waals surface area contributed by atoms with E-state index in [-0.39, 0.29) is 31.6 Å². The van der Waals surface area contributed by atoms with Crippen molar-refractivity contribution in [2.24, 2.45) is 0 Å². The quantitative estimate of drug-likeness (QED) is 0.682. The molecule has 3 heterocycles. The molecule has 0 bridgehead atoms. The molecule has 4 rings (SSSR count). The van der Waals surface area contributed by atoms with Crippen LogP contribution in [0.5, 0.6) is 0 Å². The third kappa shape index (κ3) is 5.19. The van der Waals surface area contributed by atoms with Gasteiger partial charge < -0.3 is 10.0 Å². The molecule has 178 valence electrons. The Morgan fingerprint density at radius 2 is 1.79 bits per heavy atom. The fourth-order valence-corrected chi connectivity index (χ4v) is 4.70. The van der Waals surface area contributed by atoms with Crippen molar-refractivity contribution in [3.05, 3.63) is 53.9 Å². The van der Waals surface area contributed by atoms with Gasteiger partial charge in [-0.15, -0.1) is 0 Å². The molecule has 2 atom stereocenters. The summed E-state index contributed by atoms with van der Waals surface area (Å²) in [5.74, 6) is -1.25. The first-order valence-corrected chi connectivity index (χ1v) is 11.0. The first-order valence-electron chi connectivity index (χ1n) is 11.0. The number of alkyl halides is 3. The van der Waals surface area contributed by atoms with Gasteiger partial charge in [-0.2, -0.15) is 23.0 Å². The van der Waals surface area contributed by atoms with Crippen molar-refractivity contribution in [3.63, 3.8) is 0 Å². The van der Waals surface area contributed by atoms with E-state index in [9.17, 15) is 22.8 Å². The summed E-state index contributed by atoms with van der Waals surface area (Å²) >= 11 is 0. The second-order valence-electron chi connectivity index (χ2n) is 8.41. The topological polar surface area (TPSA) is 81.9 Å². The number of carboxylic acid groups (broad SMARTS) is 1. The first-order chi connectivity index (χ1) is 15.7. The molecule has 2 unspecified atom stereocenters. The van der Waals surface area contributed by atoms with Gasteiger partial charge in [0.05, 0.1) is 6.17 Å². The summed E-state index contributed by atoms with van der Waals surface area (Å²) in [5, 5.41) is 12.9. The fourth-order valence-electron chi connectivity index (χ4n) is 4.70. The first kappa shape index (κ1) is 23.2. The van der Waals surface area contributed by atoms with Crippen LogP contribution >= 0.6 is 0 Å². The Labute approximate surface area is 189 Å². The molecule has 1 N–H and O–H groups in total. The molecule has 1 aromatic heterocycles. The predicted molar refractivity (Wildman–Crippen MR) is 112 cm³/mol. The lowest BCUT2D eigenvalue weighted by atomic mass is 9.99. The number of carbonyl (C=O) groups is 2. The minimum absolute atomic E-state index is 0.119.